The SMILES string of the molecule is Cc1cc(F)cc2c(N3CCCC(CN4CCOCC4)C3)c(C#N)cnc12. The molecule has 3 heterocycles. The number of aromatic nitrogens is 1. The Morgan fingerprint density at radius 1 is 1.30 bits per heavy atom. The molecule has 1 aromatic heterocycles. The number of rotatable bonds is 3. The molecule has 142 valence electrons. The molecule has 0 aliphatic carbocycles. The van der Waals surface area contributed by atoms with E-state index < -0.39 is 0 Å². The van der Waals surface area contributed by atoms with Crippen molar-refractivity contribution in [2.24, 2.45) is 5.92 Å². The summed E-state index contributed by atoms with van der Waals surface area (Å²) in [5.41, 5.74) is 2.95. The summed E-state index contributed by atoms with van der Waals surface area (Å²) in [5.74, 6) is 0.265. The van der Waals surface area contributed by atoms with Crippen molar-refractivity contribution >= 4 is 16.6 Å². The molecule has 0 amide bonds. The van der Waals surface area contributed by atoms with E-state index in [4.69, 9.17) is 4.74 Å². The fourth-order valence-corrected chi connectivity index (χ4v) is 4.41. The summed E-state index contributed by atoms with van der Waals surface area (Å²) < 4.78 is 19.6. The largest absolute Gasteiger partial charge is 0.379 e. The minimum absolute atomic E-state index is 0.278. The molecule has 0 N–H and O–H groups in total. The molecule has 0 bridgehead atoms. The highest BCUT2D eigenvalue weighted by Gasteiger charge is 2.26. The third-order valence-corrected chi connectivity index (χ3v) is 5.67. The smallest absolute Gasteiger partial charge is 0.124 e. The first-order chi connectivity index (χ1) is 13.2. The topological polar surface area (TPSA) is 52.4 Å². The number of nitriles is 1. The number of aryl methyl sites for hydroxylation is 1. The second-order valence-electron chi connectivity index (χ2n) is 7.62. The van der Waals surface area contributed by atoms with Gasteiger partial charge in [0.15, 0.2) is 0 Å². The fraction of sp³-hybridized carbons (Fsp3) is 0.524. The second kappa shape index (κ2) is 7.79. The second-order valence-corrected chi connectivity index (χ2v) is 7.62. The molecule has 4 rings (SSSR count). The number of pyridine rings is 1. The Hall–Kier alpha value is -2.23. The van der Waals surface area contributed by atoms with Crippen molar-refractivity contribution in [2.75, 3.05) is 50.8 Å². The molecule has 2 aliphatic rings. The molecule has 0 saturated carbocycles. The van der Waals surface area contributed by atoms with E-state index >= 15 is 0 Å². The number of fused-ring (bicyclic) bond motifs is 1. The summed E-state index contributed by atoms with van der Waals surface area (Å²) >= 11 is 0. The minimum atomic E-state index is -0.278. The van der Waals surface area contributed by atoms with Crippen LogP contribution in [0.2, 0.25) is 0 Å². The molecule has 1 atom stereocenters. The molecule has 2 aromatic rings. The Bertz CT molecular complexity index is 873. The lowest BCUT2D eigenvalue weighted by molar-refractivity contribution is 0.0296. The number of benzene rings is 1. The van der Waals surface area contributed by atoms with E-state index in [2.05, 4.69) is 20.9 Å². The number of morpholine rings is 1. The Morgan fingerprint density at radius 2 is 2.11 bits per heavy atom. The van der Waals surface area contributed by atoms with Gasteiger partial charge in [0.1, 0.15) is 11.9 Å². The van der Waals surface area contributed by atoms with E-state index in [0.29, 0.717) is 11.5 Å². The maximum Gasteiger partial charge on any atom is 0.124 e. The zero-order chi connectivity index (χ0) is 18.8. The van der Waals surface area contributed by atoms with Crippen LogP contribution in [-0.4, -0.2) is 55.8 Å². The van der Waals surface area contributed by atoms with Gasteiger partial charge in [0.2, 0.25) is 0 Å². The maximum atomic E-state index is 14.1. The third kappa shape index (κ3) is 3.76. The molecule has 1 aromatic carbocycles. The van der Waals surface area contributed by atoms with Crippen LogP contribution in [-0.2, 0) is 4.74 Å². The van der Waals surface area contributed by atoms with Crippen molar-refractivity contribution in [3.63, 3.8) is 0 Å². The Morgan fingerprint density at radius 3 is 2.89 bits per heavy atom. The first kappa shape index (κ1) is 18.1. The molecule has 27 heavy (non-hydrogen) atoms. The third-order valence-electron chi connectivity index (χ3n) is 5.67. The average molecular weight is 368 g/mol. The highest BCUT2D eigenvalue weighted by atomic mass is 19.1. The van der Waals surface area contributed by atoms with E-state index in [-0.39, 0.29) is 5.82 Å². The van der Waals surface area contributed by atoms with Crippen molar-refractivity contribution in [1.82, 2.24) is 9.88 Å². The number of piperidine rings is 1. The molecule has 2 saturated heterocycles. The summed E-state index contributed by atoms with van der Waals surface area (Å²) in [6, 6.07) is 5.29. The van der Waals surface area contributed by atoms with Crippen molar-refractivity contribution in [2.45, 2.75) is 19.8 Å². The van der Waals surface area contributed by atoms with Crippen molar-refractivity contribution in [1.29, 1.82) is 5.26 Å². The predicted molar refractivity (Wildman–Crippen MR) is 103 cm³/mol. The van der Waals surface area contributed by atoms with Gasteiger partial charge in [0.25, 0.3) is 0 Å². The van der Waals surface area contributed by atoms with Crippen LogP contribution >= 0.6 is 0 Å². The van der Waals surface area contributed by atoms with Gasteiger partial charge in [-0.25, -0.2) is 4.39 Å². The molecule has 0 radical (unpaired) electrons. The Kier molecular flexibility index (Phi) is 5.24. The van der Waals surface area contributed by atoms with E-state index in [9.17, 15) is 9.65 Å². The molecular formula is C21H25FN4O. The number of hydrogen-bond donors (Lipinski definition) is 0. The van der Waals surface area contributed by atoms with E-state index in [1.165, 1.54) is 18.6 Å². The van der Waals surface area contributed by atoms with Crippen molar-refractivity contribution in [3.05, 3.63) is 35.3 Å². The molecule has 6 heteroatoms. The number of ether oxygens (including phenoxy) is 1. The van der Waals surface area contributed by atoms with Crippen LogP contribution in [0.1, 0.15) is 24.0 Å². The van der Waals surface area contributed by atoms with Crippen LogP contribution in [0.15, 0.2) is 18.3 Å². The lowest BCUT2D eigenvalue weighted by Gasteiger charge is -2.38. The van der Waals surface area contributed by atoms with Crippen LogP contribution in [0.5, 0.6) is 0 Å². The predicted octanol–water partition coefficient (Wildman–Crippen LogP) is 3.10. The van der Waals surface area contributed by atoms with Gasteiger partial charge >= 0.3 is 0 Å². The standard InChI is InChI=1S/C21H25FN4O/c1-15-9-18(22)10-19-20(15)24-12-17(11-23)21(19)26-4-2-3-16(14-26)13-25-5-7-27-8-6-25/h9-10,12,16H,2-8,13-14H2,1H3. The zero-order valence-corrected chi connectivity index (χ0v) is 15.7. The first-order valence-corrected chi connectivity index (χ1v) is 9.69. The number of anilines is 1. The summed E-state index contributed by atoms with van der Waals surface area (Å²) in [6.07, 6.45) is 3.90. The van der Waals surface area contributed by atoms with Gasteiger partial charge in [-0.3, -0.25) is 9.88 Å². The van der Waals surface area contributed by atoms with Gasteiger partial charge in [-0.15, -0.1) is 0 Å². The number of nitrogens with zero attached hydrogens (tertiary/aromatic N) is 4. The molecule has 5 nitrogen and oxygen atoms in total. The minimum Gasteiger partial charge on any atom is -0.379 e. The van der Waals surface area contributed by atoms with Gasteiger partial charge in [0, 0.05) is 44.3 Å². The Balaban J connectivity index is 1.65. The van der Waals surface area contributed by atoms with Gasteiger partial charge in [-0.2, -0.15) is 5.26 Å². The first-order valence-electron chi connectivity index (χ1n) is 9.69. The summed E-state index contributed by atoms with van der Waals surface area (Å²) in [5, 5.41) is 10.4. The lowest BCUT2D eigenvalue weighted by atomic mass is 9.95. The van der Waals surface area contributed by atoms with E-state index in [1.807, 2.05) is 6.92 Å². The van der Waals surface area contributed by atoms with Crippen molar-refractivity contribution in [3.8, 4) is 6.07 Å². The number of halogens is 1. The van der Waals surface area contributed by atoms with Gasteiger partial charge in [-0.05, 0) is 43.4 Å². The van der Waals surface area contributed by atoms with Gasteiger partial charge < -0.3 is 9.64 Å². The summed E-state index contributed by atoms with van der Waals surface area (Å²) in [4.78, 5) is 9.17. The monoisotopic (exact) mass is 368 g/mol. The number of hydrogen-bond acceptors (Lipinski definition) is 5. The molecular weight excluding hydrogens is 343 g/mol. The molecule has 0 spiro atoms. The summed E-state index contributed by atoms with van der Waals surface area (Å²) in [7, 11) is 0. The molecule has 1 unspecified atom stereocenters. The lowest BCUT2D eigenvalue weighted by Crippen LogP contribution is -2.44. The Labute approximate surface area is 159 Å². The van der Waals surface area contributed by atoms with Crippen LogP contribution in [0.4, 0.5) is 10.1 Å². The van der Waals surface area contributed by atoms with E-state index in [1.54, 1.807) is 6.20 Å². The zero-order valence-electron chi connectivity index (χ0n) is 15.7. The van der Waals surface area contributed by atoms with Crippen LogP contribution < -0.4 is 4.90 Å². The molecule has 2 fully saturated rings. The molecule has 2 aliphatic heterocycles. The van der Waals surface area contributed by atoms with Crippen LogP contribution in [0.25, 0.3) is 10.9 Å². The fourth-order valence-electron chi connectivity index (χ4n) is 4.41. The normalized spacial score (nSPS) is 21.4. The van der Waals surface area contributed by atoms with Crippen molar-refractivity contribution < 1.29 is 9.13 Å². The van der Waals surface area contributed by atoms with E-state index in [0.717, 1.165) is 74.5 Å². The maximum absolute atomic E-state index is 14.1. The highest BCUT2D eigenvalue weighted by molar-refractivity contribution is 5.96. The van der Waals surface area contributed by atoms with Crippen LogP contribution in [0.3, 0.4) is 0 Å². The summed E-state index contributed by atoms with van der Waals surface area (Å²) in [6.45, 7) is 8.30. The quantitative estimate of drug-likeness (QED) is 0.833. The van der Waals surface area contributed by atoms with Crippen LogP contribution in [0, 0.1) is 30.0 Å². The van der Waals surface area contributed by atoms with Gasteiger partial charge in [0.05, 0.1) is 30.0 Å². The average Bonchev–Trinajstić information content (AvgIpc) is 2.68. The van der Waals surface area contributed by atoms with Gasteiger partial charge in [-0.1, -0.05) is 0 Å². The highest BCUT2D eigenvalue weighted by Crippen LogP contribution is 2.34.